The maximum atomic E-state index is 13.3. The Hall–Kier alpha value is -3.05. The van der Waals surface area contributed by atoms with Gasteiger partial charge in [0.05, 0.1) is 0 Å². The average molecular weight is 367 g/mol. The summed E-state index contributed by atoms with van der Waals surface area (Å²) in [4.78, 5) is 12.5. The van der Waals surface area contributed by atoms with Crippen LogP contribution in [0, 0.1) is 11.6 Å². The van der Waals surface area contributed by atoms with Crippen molar-refractivity contribution in [1.82, 2.24) is 0 Å². The number of anilines is 1. The monoisotopic (exact) mass is 367 g/mol. The van der Waals surface area contributed by atoms with Crippen LogP contribution >= 0.6 is 0 Å². The fourth-order valence-electron chi connectivity index (χ4n) is 2.94. The molecule has 138 valence electrons. The standard InChI is InChI=1S/C22H20F2N2O/c1-15(22(27)26-18-12-13-19(23)20(24)14-18)25-21(16-8-4-2-5-9-16)17-10-6-3-7-11-17/h2-15,21,25H,1H3,(H,26,27)/p+1/t15-/m0/s1. The third-order valence-corrected chi connectivity index (χ3v) is 4.40. The molecular weight excluding hydrogens is 346 g/mol. The number of nitrogens with one attached hydrogen (secondary N) is 1. The van der Waals surface area contributed by atoms with Gasteiger partial charge in [-0.1, -0.05) is 60.7 Å². The number of benzene rings is 3. The summed E-state index contributed by atoms with van der Waals surface area (Å²) in [5.41, 5.74) is 2.39. The van der Waals surface area contributed by atoms with Gasteiger partial charge in [-0.05, 0) is 19.1 Å². The van der Waals surface area contributed by atoms with E-state index in [1.165, 1.54) is 6.07 Å². The molecule has 0 fully saturated rings. The van der Waals surface area contributed by atoms with Gasteiger partial charge in [0.2, 0.25) is 0 Å². The van der Waals surface area contributed by atoms with E-state index in [9.17, 15) is 13.6 Å². The highest BCUT2D eigenvalue weighted by atomic mass is 19.2. The minimum absolute atomic E-state index is 0.0573. The van der Waals surface area contributed by atoms with E-state index in [1.54, 1.807) is 6.92 Å². The molecule has 3 nitrogen and oxygen atoms in total. The number of carbonyl (C=O) groups excluding carboxylic acids is 1. The van der Waals surface area contributed by atoms with E-state index in [0.717, 1.165) is 23.3 Å². The van der Waals surface area contributed by atoms with Crippen molar-refractivity contribution in [3.8, 4) is 0 Å². The zero-order valence-corrected chi connectivity index (χ0v) is 14.9. The lowest BCUT2D eigenvalue weighted by Gasteiger charge is -2.20. The highest BCUT2D eigenvalue weighted by Crippen LogP contribution is 2.18. The van der Waals surface area contributed by atoms with Gasteiger partial charge in [-0.3, -0.25) is 4.79 Å². The summed E-state index contributed by atoms with van der Waals surface area (Å²) in [7, 11) is 0. The molecule has 0 unspecified atom stereocenters. The first kappa shape index (κ1) is 18.7. The van der Waals surface area contributed by atoms with Gasteiger partial charge in [-0.2, -0.15) is 0 Å². The van der Waals surface area contributed by atoms with Gasteiger partial charge in [0.25, 0.3) is 5.91 Å². The SMILES string of the molecule is C[C@H]([NH2+]C(c1ccccc1)c1ccccc1)C(=O)Nc1ccc(F)c(F)c1. The molecule has 27 heavy (non-hydrogen) atoms. The lowest BCUT2D eigenvalue weighted by molar-refractivity contribution is -0.704. The first-order chi connectivity index (χ1) is 13.0. The first-order valence-corrected chi connectivity index (χ1v) is 8.75. The number of quaternary nitrogens is 1. The smallest absolute Gasteiger partial charge is 0.282 e. The molecule has 0 aliphatic heterocycles. The molecule has 0 aliphatic carbocycles. The molecule has 5 heteroatoms. The molecule has 0 bridgehead atoms. The molecule has 0 saturated carbocycles. The summed E-state index contributed by atoms with van der Waals surface area (Å²) < 4.78 is 26.4. The highest BCUT2D eigenvalue weighted by Gasteiger charge is 2.24. The van der Waals surface area contributed by atoms with Gasteiger partial charge in [0.15, 0.2) is 17.7 Å². The zero-order chi connectivity index (χ0) is 19.2. The van der Waals surface area contributed by atoms with Crippen molar-refractivity contribution < 1.29 is 18.9 Å². The first-order valence-electron chi connectivity index (χ1n) is 8.75. The van der Waals surface area contributed by atoms with Crippen molar-refractivity contribution in [2.45, 2.75) is 19.0 Å². The van der Waals surface area contributed by atoms with E-state index in [1.807, 2.05) is 66.0 Å². The van der Waals surface area contributed by atoms with Crippen LogP contribution in [0.25, 0.3) is 0 Å². The van der Waals surface area contributed by atoms with E-state index in [4.69, 9.17) is 0 Å². The number of nitrogens with two attached hydrogens (primary N) is 1. The van der Waals surface area contributed by atoms with Gasteiger partial charge in [0, 0.05) is 22.9 Å². The molecule has 3 rings (SSSR count). The third kappa shape index (κ3) is 4.77. The predicted octanol–water partition coefficient (Wildman–Crippen LogP) is 3.64. The number of halogens is 2. The van der Waals surface area contributed by atoms with Crippen LogP contribution in [0.15, 0.2) is 78.9 Å². The maximum absolute atomic E-state index is 13.3. The minimum atomic E-state index is -0.990. The predicted molar refractivity (Wildman–Crippen MR) is 101 cm³/mol. The Bertz CT molecular complexity index is 861. The topological polar surface area (TPSA) is 45.7 Å². The zero-order valence-electron chi connectivity index (χ0n) is 14.9. The molecular formula is C22H21F2N2O+. The Morgan fingerprint density at radius 2 is 1.41 bits per heavy atom. The second-order valence-corrected chi connectivity index (χ2v) is 6.40. The van der Waals surface area contributed by atoms with Gasteiger partial charge < -0.3 is 10.6 Å². The summed E-state index contributed by atoms with van der Waals surface area (Å²) in [5, 5.41) is 4.60. The van der Waals surface area contributed by atoms with Crippen LogP contribution in [0.1, 0.15) is 24.1 Å². The van der Waals surface area contributed by atoms with Gasteiger partial charge >= 0.3 is 0 Å². The van der Waals surface area contributed by atoms with E-state index < -0.39 is 17.7 Å². The summed E-state index contributed by atoms with van der Waals surface area (Å²) >= 11 is 0. The molecule has 0 spiro atoms. The molecule has 0 aromatic heterocycles. The second kappa shape index (κ2) is 8.56. The van der Waals surface area contributed by atoms with Crippen molar-refractivity contribution in [1.29, 1.82) is 0 Å². The van der Waals surface area contributed by atoms with E-state index in [2.05, 4.69) is 5.32 Å². The average Bonchev–Trinajstić information content (AvgIpc) is 2.70. The molecule has 3 aromatic carbocycles. The summed E-state index contributed by atoms with van der Waals surface area (Å²) in [6.45, 7) is 1.79. The summed E-state index contributed by atoms with van der Waals surface area (Å²) in [6, 6.07) is 22.7. The number of hydrogen-bond acceptors (Lipinski definition) is 1. The number of hydrogen-bond donors (Lipinski definition) is 2. The normalized spacial score (nSPS) is 12.0. The molecule has 3 aromatic rings. The van der Waals surface area contributed by atoms with E-state index >= 15 is 0 Å². The van der Waals surface area contributed by atoms with Gasteiger partial charge in [-0.15, -0.1) is 0 Å². The quantitative estimate of drug-likeness (QED) is 0.686. The van der Waals surface area contributed by atoms with Crippen molar-refractivity contribution in [2.75, 3.05) is 5.32 Å². The summed E-state index contributed by atoms with van der Waals surface area (Å²) in [5.74, 6) is -2.21. The van der Waals surface area contributed by atoms with E-state index in [-0.39, 0.29) is 17.6 Å². The minimum Gasteiger partial charge on any atom is -0.326 e. The van der Waals surface area contributed by atoms with Crippen LogP contribution in [0.2, 0.25) is 0 Å². The van der Waals surface area contributed by atoms with Crippen molar-refractivity contribution in [3.05, 3.63) is 102 Å². The summed E-state index contributed by atoms with van der Waals surface area (Å²) in [6.07, 6.45) is 0. The van der Waals surface area contributed by atoms with E-state index in [0.29, 0.717) is 0 Å². The van der Waals surface area contributed by atoms with Crippen molar-refractivity contribution in [2.24, 2.45) is 0 Å². The Morgan fingerprint density at radius 3 is 1.93 bits per heavy atom. The fourth-order valence-corrected chi connectivity index (χ4v) is 2.94. The maximum Gasteiger partial charge on any atom is 0.282 e. The number of amides is 1. The molecule has 3 N–H and O–H groups in total. The van der Waals surface area contributed by atoms with Crippen LogP contribution in [-0.2, 0) is 4.79 Å². The second-order valence-electron chi connectivity index (χ2n) is 6.40. The molecule has 0 saturated heterocycles. The lowest BCUT2D eigenvalue weighted by atomic mass is 9.98. The largest absolute Gasteiger partial charge is 0.326 e. The van der Waals surface area contributed by atoms with Gasteiger partial charge in [0.1, 0.15) is 6.04 Å². The van der Waals surface area contributed by atoms with Crippen LogP contribution in [0.4, 0.5) is 14.5 Å². The van der Waals surface area contributed by atoms with Crippen LogP contribution < -0.4 is 10.6 Å². The lowest BCUT2D eigenvalue weighted by Crippen LogP contribution is -2.92. The molecule has 0 radical (unpaired) electrons. The Balaban J connectivity index is 1.76. The fraction of sp³-hybridized carbons (Fsp3) is 0.136. The molecule has 1 amide bonds. The Morgan fingerprint density at radius 1 is 0.852 bits per heavy atom. The Labute approximate surface area is 157 Å². The van der Waals surface area contributed by atoms with Crippen LogP contribution in [0.3, 0.4) is 0 Å². The number of carbonyl (C=O) groups is 1. The highest BCUT2D eigenvalue weighted by molar-refractivity contribution is 5.93. The Kier molecular flexibility index (Phi) is 5.94. The molecule has 0 aliphatic rings. The van der Waals surface area contributed by atoms with Crippen LogP contribution in [-0.4, -0.2) is 11.9 Å². The van der Waals surface area contributed by atoms with Crippen molar-refractivity contribution in [3.63, 3.8) is 0 Å². The number of rotatable bonds is 6. The van der Waals surface area contributed by atoms with Gasteiger partial charge in [-0.25, -0.2) is 8.78 Å². The van der Waals surface area contributed by atoms with Crippen LogP contribution in [0.5, 0.6) is 0 Å². The molecule has 1 atom stereocenters. The third-order valence-electron chi connectivity index (χ3n) is 4.40. The molecule has 0 heterocycles. The van der Waals surface area contributed by atoms with Crippen molar-refractivity contribution >= 4 is 11.6 Å².